The summed E-state index contributed by atoms with van der Waals surface area (Å²) < 4.78 is 6.68. The van der Waals surface area contributed by atoms with Crippen LogP contribution in [-0.2, 0) is 5.41 Å². The van der Waals surface area contributed by atoms with E-state index < -0.39 is 27.8 Å². The summed E-state index contributed by atoms with van der Waals surface area (Å²) in [5, 5.41) is 14.8. The third-order valence-electron chi connectivity index (χ3n) is 8.89. The standard InChI is InChI=1S/C34H25N3O6/c1-33(2)24-13-6-7-14-25(24)36(3)34(33)18-17-21-27(43-34)16-15-26(37(41)42)29(21)35-32(40)23-12-8-11-22-28(23)31(39)20-10-5-4-9-19(20)30(22)38/h4-18H,1-3H3,(H,35,40). The second-order valence-electron chi connectivity index (χ2n) is 11.3. The number of likely N-dealkylation sites (N-methyl/N-ethyl adjacent to an activating group) is 1. The van der Waals surface area contributed by atoms with Gasteiger partial charge in [0.2, 0.25) is 5.72 Å². The van der Waals surface area contributed by atoms with Crippen molar-refractivity contribution < 1.29 is 24.0 Å². The number of nitro benzene ring substituents is 1. The van der Waals surface area contributed by atoms with Crippen LogP contribution in [0.3, 0.4) is 0 Å². The maximum Gasteiger partial charge on any atom is 0.293 e. The first-order valence-corrected chi connectivity index (χ1v) is 13.7. The van der Waals surface area contributed by atoms with Crippen LogP contribution in [0.15, 0.2) is 84.9 Å². The summed E-state index contributed by atoms with van der Waals surface area (Å²) in [5.74, 6) is -1.23. The molecule has 2 heterocycles. The van der Waals surface area contributed by atoms with Gasteiger partial charge in [-0.15, -0.1) is 0 Å². The predicted octanol–water partition coefficient (Wildman–Crippen LogP) is 6.15. The van der Waals surface area contributed by atoms with Crippen molar-refractivity contribution >= 4 is 40.6 Å². The van der Waals surface area contributed by atoms with E-state index in [-0.39, 0.29) is 45.0 Å². The van der Waals surface area contributed by atoms with Crippen LogP contribution in [0.4, 0.5) is 17.1 Å². The largest absolute Gasteiger partial charge is 0.463 e. The number of ether oxygens (including phenoxy) is 1. The van der Waals surface area contributed by atoms with E-state index in [9.17, 15) is 24.5 Å². The molecule has 1 atom stereocenters. The van der Waals surface area contributed by atoms with Crippen LogP contribution in [0, 0.1) is 10.1 Å². The number of ketones is 2. The number of fused-ring (bicyclic) bond motifs is 4. The molecule has 0 bridgehead atoms. The fourth-order valence-corrected chi connectivity index (χ4v) is 6.64. The first-order chi connectivity index (χ1) is 20.6. The van der Waals surface area contributed by atoms with Crippen molar-refractivity contribution in [3.63, 3.8) is 0 Å². The topological polar surface area (TPSA) is 119 Å². The molecule has 43 heavy (non-hydrogen) atoms. The van der Waals surface area contributed by atoms with Crippen LogP contribution in [0.25, 0.3) is 6.08 Å². The molecule has 9 heteroatoms. The first-order valence-electron chi connectivity index (χ1n) is 13.7. The fourth-order valence-electron chi connectivity index (χ4n) is 6.64. The molecule has 1 amide bonds. The minimum absolute atomic E-state index is 0.0333. The van der Waals surface area contributed by atoms with E-state index in [0.717, 1.165) is 11.3 Å². The average molecular weight is 572 g/mol. The summed E-state index contributed by atoms with van der Waals surface area (Å²) in [6.45, 7) is 4.15. The molecule has 0 saturated carbocycles. The lowest BCUT2D eigenvalue weighted by Gasteiger charge is -2.45. The van der Waals surface area contributed by atoms with Gasteiger partial charge in [-0.05, 0) is 49.8 Å². The van der Waals surface area contributed by atoms with E-state index >= 15 is 0 Å². The molecule has 0 radical (unpaired) electrons. The monoisotopic (exact) mass is 571 g/mol. The lowest BCUT2D eigenvalue weighted by Crippen LogP contribution is -2.58. The summed E-state index contributed by atoms with van der Waals surface area (Å²) in [5.41, 5.74) is 1.08. The Bertz CT molecular complexity index is 1980. The Morgan fingerprint density at radius 3 is 2.28 bits per heavy atom. The molecule has 1 N–H and O–H groups in total. The third-order valence-corrected chi connectivity index (χ3v) is 8.89. The summed E-state index contributed by atoms with van der Waals surface area (Å²) in [6, 6.07) is 21.7. The van der Waals surface area contributed by atoms with Crippen molar-refractivity contribution in [2.24, 2.45) is 0 Å². The first kappa shape index (κ1) is 26.3. The van der Waals surface area contributed by atoms with Crippen molar-refractivity contribution in [1.82, 2.24) is 0 Å². The minimum Gasteiger partial charge on any atom is -0.463 e. The molecule has 1 spiro atoms. The Morgan fingerprint density at radius 1 is 0.884 bits per heavy atom. The second kappa shape index (κ2) is 8.96. The molecule has 212 valence electrons. The van der Waals surface area contributed by atoms with E-state index in [1.54, 1.807) is 30.3 Å². The quantitative estimate of drug-likeness (QED) is 0.204. The van der Waals surface area contributed by atoms with Gasteiger partial charge in [0.1, 0.15) is 11.4 Å². The molecule has 0 fully saturated rings. The van der Waals surface area contributed by atoms with Gasteiger partial charge in [-0.2, -0.15) is 0 Å². The Kier molecular flexibility index (Phi) is 5.49. The van der Waals surface area contributed by atoms with Crippen LogP contribution in [0.1, 0.15) is 67.2 Å². The van der Waals surface area contributed by atoms with E-state index in [2.05, 4.69) is 25.2 Å². The number of nitro groups is 1. The van der Waals surface area contributed by atoms with Gasteiger partial charge in [0, 0.05) is 46.6 Å². The van der Waals surface area contributed by atoms with Crippen molar-refractivity contribution in [1.29, 1.82) is 0 Å². The number of benzene rings is 4. The van der Waals surface area contributed by atoms with E-state index in [4.69, 9.17) is 4.74 Å². The molecule has 0 saturated heterocycles. The molecule has 7 rings (SSSR count). The molecular weight excluding hydrogens is 546 g/mol. The number of carbonyl (C=O) groups is 3. The smallest absolute Gasteiger partial charge is 0.293 e. The zero-order valence-electron chi connectivity index (χ0n) is 23.5. The number of hydrogen-bond acceptors (Lipinski definition) is 7. The van der Waals surface area contributed by atoms with Gasteiger partial charge in [-0.25, -0.2) is 0 Å². The lowest BCUT2D eigenvalue weighted by atomic mass is 9.76. The Hall–Kier alpha value is -5.57. The molecule has 3 aliphatic rings. The van der Waals surface area contributed by atoms with Crippen LogP contribution in [-0.4, -0.2) is 35.2 Å². The van der Waals surface area contributed by atoms with Gasteiger partial charge in [-0.1, -0.05) is 54.6 Å². The molecule has 1 aliphatic carbocycles. The number of nitrogens with one attached hydrogen (secondary N) is 1. The number of para-hydroxylation sites is 1. The SMILES string of the molecule is CN1c2ccccc2C(C)(C)C12C=Cc1c(ccc([N+](=O)[O-])c1NC(=O)c1cccc3c1C(=O)c1ccccc1C3=O)O2. The third kappa shape index (κ3) is 3.48. The summed E-state index contributed by atoms with van der Waals surface area (Å²) in [4.78, 5) is 54.1. The zero-order valence-corrected chi connectivity index (χ0v) is 23.5. The van der Waals surface area contributed by atoms with Crippen molar-refractivity contribution in [3.05, 3.63) is 134 Å². The van der Waals surface area contributed by atoms with Gasteiger partial charge in [-0.3, -0.25) is 24.5 Å². The van der Waals surface area contributed by atoms with Crippen LogP contribution < -0.4 is 15.0 Å². The Labute approximate surface area is 246 Å². The van der Waals surface area contributed by atoms with E-state index in [0.29, 0.717) is 11.3 Å². The van der Waals surface area contributed by atoms with Crippen molar-refractivity contribution in [3.8, 4) is 5.75 Å². The lowest BCUT2D eigenvalue weighted by molar-refractivity contribution is -0.384. The van der Waals surface area contributed by atoms with E-state index in [1.165, 1.54) is 30.3 Å². The van der Waals surface area contributed by atoms with Gasteiger partial charge >= 0.3 is 0 Å². The molecule has 4 aromatic carbocycles. The highest BCUT2D eigenvalue weighted by molar-refractivity contribution is 6.31. The van der Waals surface area contributed by atoms with Gasteiger partial charge in [0.05, 0.1) is 15.9 Å². The Morgan fingerprint density at radius 2 is 1.56 bits per heavy atom. The molecule has 4 aromatic rings. The predicted molar refractivity (Wildman–Crippen MR) is 161 cm³/mol. The number of hydrogen-bond donors (Lipinski definition) is 1. The molecule has 2 aliphatic heterocycles. The van der Waals surface area contributed by atoms with Crippen LogP contribution in [0.5, 0.6) is 5.75 Å². The van der Waals surface area contributed by atoms with Crippen molar-refractivity contribution in [2.75, 3.05) is 17.3 Å². The number of anilines is 2. The van der Waals surface area contributed by atoms with E-state index in [1.807, 2.05) is 36.2 Å². The molecular formula is C34H25N3O6. The number of carbonyl (C=O) groups excluding carboxylic acids is 3. The van der Waals surface area contributed by atoms with Gasteiger partial charge < -0.3 is 15.0 Å². The maximum absolute atomic E-state index is 13.8. The highest BCUT2D eigenvalue weighted by Crippen LogP contribution is 2.55. The highest BCUT2D eigenvalue weighted by Gasteiger charge is 2.57. The fraction of sp³-hybridized carbons (Fsp3) is 0.147. The second-order valence-corrected chi connectivity index (χ2v) is 11.3. The minimum atomic E-state index is -0.931. The molecule has 1 unspecified atom stereocenters. The highest BCUT2D eigenvalue weighted by atomic mass is 16.6. The molecule has 0 aromatic heterocycles. The van der Waals surface area contributed by atoms with Crippen molar-refractivity contribution in [2.45, 2.75) is 25.0 Å². The van der Waals surface area contributed by atoms with Crippen LogP contribution >= 0.6 is 0 Å². The normalized spacial score (nSPS) is 18.8. The Balaban J connectivity index is 1.31. The van der Waals surface area contributed by atoms with Gasteiger partial charge in [0.15, 0.2) is 11.6 Å². The van der Waals surface area contributed by atoms with Gasteiger partial charge in [0.25, 0.3) is 11.6 Å². The summed E-state index contributed by atoms with van der Waals surface area (Å²) >= 11 is 0. The maximum atomic E-state index is 13.8. The van der Waals surface area contributed by atoms with Crippen LogP contribution in [0.2, 0.25) is 0 Å². The number of nitrogens with zero attached hydrogens (tertiary/aromatic N) is 2. The zero-order chi connectivity index (χ0) is 30.3. The molecule has 9 nitrogen and oxygen atoms in total. The number of rotatable bonds is 3. The average Bonchev–Trinajstić information content (AvgIpc) is 3.17. The summed E-state index contributed by atoms with van der Waals surface area (Å²) in [7, 11) is 1.94. The summed E-state index contributed by atoms with van der Waals surface area (Å²) in [6.07, 6.45) is 3.59. The number of amides is 1.